The van der Waals surface area contributed by atoms with Gasteiger partial charge in [-0.2, -0.15) is 0 Å². The Bertz CT molecular complexity index is 354. The summed E-state index contributed by atoms with van der Waals surface area (Å²) in [5.74, 6) is 1.74. The van der Waals surface area contributed by atoms with Gasteiger partial charge < -0.3 is 11.1 Å². The van der Waals surface area contributed by atoms with E-state index < -0.39 is 0 Å². The number of rotatable bonds is 2. The minimum atomic E-state index is 0.549. The van der Waals surface area contributed by atoms with Crippen molar-refractivity contribution in [2.75, 3.05) is 11.1 Å². The van der Waals surface area contributed by atoms with Gasteiger partial charge in [0, 0.05) is 11.7 Å². The van der Waals surface area contributed by atoms with E-state index in [-0.39, 0.29) is 0 Å². The minimum absolute atomic E-state index is 0.549. The van der Waals surface area contributed by atoms with E-state index in [2.05, 4.69) is 17.2 Å². The van der Waals surface area contributed by atoms with Gasteiger partial charge >= 0.3 is 0 Å². The third-order valence-corrected chi connectivity index (χ3v) is 3.42. The number of nitrogen functional groups attached to an aromatic ring is 1. The van der Waals surface area contributed by atoms with E-state index in [1.807, 2.05) is 19.1 Å². The average Bonchev–Trinajstić information content (AvgIpc) is 2.27. The molecule has 1 heterocycles. The highest BCUT2D eigenvalue weighted by atomic mass is 15.0. The first-order valence-electron chi connectivity index (χ1n) is 6.15. The van der Waals surface area contributed by atoms with Gasteiger partial charge in [-0.05, 0) is 50.7 Å². The van der Waals surface area contributed by atoms with Gasteiger partial charge in [-0.25, -0.2) is 4.98 Å². The molecule has 0 aromatic carbocycles. The third-order valence-electron chi connectivity index (χ3n) is 3.42. The monoisotopic (exact) mass is 219 g/mol. The largest absolute Gasteiger partial charge is 0.396 e. The Morgan fingerprint density at radius 1 is 1.25 bits per heavy atom. The second-order valence-corrected chi connectivity index (χ2v) is 4.99. The molecule has 0 spiro atoms. The van der Waals surface area contributed by atoms with Crippen LogP contribution in [-0.4, -0.2) is 11.0 Å². The van der Waals surface area contributed by atoms with E-state index >= 15 is 0 Å². The molecule has 0 bridgehead atoms. The molecule has 1 aliphatic carbocycles. The van der Waals surface area contributed by atoms with Crippen molar-refractivity contribution < 1.29 is 0 Å². The Morgan fingerprint density at radius 3 is 2.62 bits per heavy atom. The van der Waals surface area contributed by atoms with Crippen molar-refractivity contribution in [3.8, 4) is 0 Å². The van der Waals surface area contributed by atoms with Gasteiger partial charge in [-0.1, -0.05) is 6.92 Å². The zero-order valence-corrected chi connectivity index (χ0v) is 10.2. The van der Waals surface area contributed by atoms with Crippen LogP contribution in [0.3, 0.4) is 0 Å². The predicted molar refractivity (Wildman–Crippen MR) is 68.4 cm³/mol. The molecule has 0 amide bonds. The molecule has 0 saturated heterocycles. The summed E-state index contributed by atoms with van der Waals surface area (Å²) in [6.45, 7) is 4.32. The number of pyridine rings is 1. The number of nitrogens with two attached hydrogens (primary N) is 1. The number of hydrogen-bond acceptors (Lipinski definition) is 3. The maximum atomic E-state index is 5.91. The van der Waals surface area contributed by atoms with E-state index in [0.29, 0.717) is 6.04 Å². The Morgan fingerprint density at radius 2 is 1.94 bits per heavy atom. The summed E-state index contributed by atoms with van der Waals surface area (Å²) < 4.78 is 0. The number of anilines is 2. The summed E-state index contributed by atoms with van der Waals surface area (Å²) in [7, 11) is 0. The molecule has 16 heavy (non-hydrogen) atoms. The molecule has 1 aromatic heterocycles. The minimum Gasteiger partial charge on any atom is -0.396 e. The highest BCUT2D eigenvalue weighted by Crippen LogP contribution is 2.27. The standard InChI is InChI=1S/C13H21N3/c1-9-3-6-11(7-4-9)16-13-12(14)8-5-10(2)15-13/h5,8-9,11H,3-4,6-7,14H2,1-2H3,(H,15,16). The zero-order chi connectivity index (χ0) is 11.5. The lowest BCUT2D eigenvalue weighted by molar-refractivity contribution is 0.361. The molecule has 0 atom stereocenters. The molecular formula is C13H21N3. The van der Waals surface area contributed by atoms with Crippen LogP contribution in [0.4, 0.5) is 11.5 Å². The smallest absolute Gasteiger partial charge is 0.149 e. The number of hydrogen-bond donors (Lipinski definition) is 2. The molecule has 0 radical (unpaired) electrons. The van der Waals surface area contributed by atoms with Crippen LogP contribution < -0.4 is 11.1 Å². The molecule has 1 aromatic rings. The highest BCUT2D eigenvalue weighted by Gasteiger charge is 2.18. The fourth-order valence-corrected chi connectivity index (χ4v) is 2.28. The van der Waals surface area contributed by atoms with Gasteiger partial charge in [-0.15, -0.1) is 0 Å². The molecule has 2 rings (SSSR count). The van der Waals surface area contributed by atoms with Crippen molar-refractivity contribution in [3.63, 3.8) is 0 Å². The molecule has 3 N–H and O–H groups in total. The van der Waals surface area contributed by atoms with Crippen LogP contribution in [-0.2, 0) is 0 Å². The third kappa shape index (κ3) is 2.65. The summed E-state index contributed by atoms with van der Waals surface area (Å²) in [5.41, 5.74) is 7.68. The second-order valence-electron chi connectivity index (χ2n) is 4.99. The first-order chi connectivity index (χ1) is 7.65. The summed E-state index contributed by atoms with van der Waals surface area (Å²) in [6, 6.07) is 4.42. The number of aromatic nitrogens is 1. The maximum Gasteiger partial charge on any atom is 0.149 e. The predicted octanol–water partition coefficient (Wildman–Crippen LogP) is 2.96. The van der Waals surface area contributed by atoms with Gasteiger partial charge in [0.25, 0.3) is 0 Å². The molecule has 1 saturated carbocycles. The van der Waals surface area contributed by atoms with Crippen molar-refractivity contribution in [2.45, 2.75) is 45.6 Å². The topological polar surface area (TPSA) is 50.9 Å². The SMILES string of the molecule is Cc1ccc(N)c(NC2CCC(C)CC2)n1. The summed E-state index contributed by atoms with van der Waals surface area (Å²) in [6.07, 6.45) is 5.08. The second kappa shape index (κ2) is 4.73. The highest BCUT2D eigenvalue weighted by molar-refractivity contribution is 5.61. The van der Waals surface area contributed by atoms with Crippen LogP contribution in [0, 0.1) is 12.8 Å². The fraction of sp³-hybridized carbons (Fsp3) is 0.615. The van der Waals surface area contributed by atoms with Gasteiger partial charge in [0.05, 0.1) is 5.69 Å². The van der Waals surface area contributed by atoms with Crippen LogP contribution in [0.2, 0.25) is 0 Å². The van der Waals surface area contributed by atoms with Crippen molar-refractivity contribution in [2.24, 2.45) is 5.92 Å². The molecule has 3 nitrogen and oxygen atoms in total. The fourth-order valence-electron chi connectivity index (χ4n) is 2.28. The van der Waals surface area contributed by atoms with E-state index in [9.17, 15) is 0 Å². The van der Waals surface area contributed by atoms with E-state index in [1.54, 1.807) is 0 Å². The summed E-state index contributed by atoms with van der Waals surface area (Å²) in [4.78, 5) is 4.45. The first kappa shape index (κ1) is 11.2. The van der Waals surface area contributed by atoms with Crippen LogP contribution in [0.5, 0.6) is 0 Å². The van der Waals surface area contributed by atoms with E-state index in [1.165, 1.54) is 25.7 Å². The van der Waals surface area contributed by atoms with Crippen LogP contribution >= 0.6 is 0 Å². The van der Waals surface area contributed by atoms with Gasteiger partial charge in [-0.3, -0.25) is 0 Å². The zero-order valence-electron chi connectivity index (χ0n) is 10.2. The van der Waals surface area contributed by atoms with E-state index in [4.69, 9.17) is 5.73 Å². The molecule has 0 unspecified atom stereocenters. The summed E-state index contributed by atoms with van der Waals surface area (Å²) >= 11 is 0. The first-order valence-corrected chi connectivity index (χ1v) is 6.15. The molecular weight excluding hydrogens is 198 g/mol. The van der Waals surface area contributed by atoms with Gasteiger partial charge in [0.2, 0.25) is 0 Å². The average molecular weight is 219 g/mol. The van der Waals surface area contributed by atoms with E-state index in [0.717, 1.165) is 23.1 Å². The number of nitrogens with one attached hydrogen (secondary N) is 1. The summed E-state index contributed by atoms with van der Waals surface area (Å²) in [5, 5.41) is 3.47. The Labute approximate surface area is 97.5 Å². The lowest BCUT2D eigenvalue weighted by atomic mass is 9.87. The van der Waals surface area contributed by atoms with Gasteiger partial charge in [0.15, 0.2) is 0 Å². The van der Waals surface area contributed by atoms with Crippen LogP contribution in [0.1, 0.15) is 38.3 Å². The maximum absolute atomic E-state index is 5.91. The Balaban J connectivity index is 2.00. The van der Waals surface area contributed by atoms with Gasteiger partial charge in [0.1, 0.15) is 5.82 Å². The lowest BCUT2D eigenvalue weighted by Crippen LogP contribution is -2.26. The molecule has 88 valence electrons. The van der Waals surface area contributed by atoms with Crippen molar-refractivity contribution >= 4 is 11.5 Å². The normalized spacial score (nSPS) is 25.4. The molecule has 1 fully saturated rings. The lowest BCUT2D eigenvalue weighted by Gasteiger charge is -2.27. The molecule has 3 heteroatoms. The number of aryl methyl sites for hydroxylation is 1. The number of nitrogens with zero attached hydrogens (tertiary/aromatic N) is 1. The van der Waals surface area contributed by atoms with Crippen molar-refractivity contribution in [1.29, 1.82) is 0 Å². The Hall–Kier alpha value is -1.25. The molecule has 1 aliphatic rings. The molecule has 0 aliphatic heterocycles. The van der Waals surface area contributed by atoms with Crippen LogP contribution in [0.15, 0.2) is 12.1 Å². The van der Waals surface area contributed by atoms with Crippen molar-refractivity contribution in [3.05, 3.63) is 17.8 Å². The van der Waals surface area contributed by atoms with Crippen LogP contribution in [0.25, 0.3) is 0 Å². The Kier molecular flexibility index (Phi) is 3.32. The van der Waals surface area contributed by atoms with Crippen molar-refractivity contribution in [1.82, 2.24) is 4.98 Å². The quantitative estimate of drug-likeness (QED) is 0.804.